The molecule has 1 aliphatic heterocycles. The highest BCUT2D eigenvalue weighted by Gasteiger charge is 2.26. The second-order valence-corrected chi connectivity index (χ2v) is 4.83. The zero-order valence-electron chi connectivity index (χ0n) is 10.7. The molecule has 3 rings (SSSR count). The van der Waals surface area contributed by atoms with Gasteiger partial charge in [-0.1, -0.05) is 54.6 Å². The molecule has 2 aromatic rings. The van der Waals surface area contributed by atoms with E-state index in [1.807, 2.05) is 48.5 Å². The Kier molecular flexibility index (Phi) is 3.43. The molecule has 0 fully saturated rings. The van der Waals surface area contributed by atoms with Crippen LogP contribution in [0.3, 0.4) is 0 Å². The number of rotatable bonds is 3. The fraction of sp³-hybridized carbons (Fsp3) is 0.235. The molecule has 0 aromatic heterocycles. The number of ketones is 1. The van der Waals surface area contributed by atoms with Gasteiger partial charge >= 0.3 is 0 Å². The van der Waals surface area contributed by atoms with Gasteiger partial charge in [-0.3, -0.25) is 4.79 Å². The van der Waals surface area contributed by atoms with E-state index in [9.17, 15) is 4.79 Å². The van der Waals surface area contributed by atoms with E-state index in [1.54, 1.807) is 0 Å². The van der Waals surface area contributed by atoms with Crippen molar-refractivity contribution >= 4 is 5.78 Å². The van der Waals surface area contributed by atoms with Gasteiger partial charge in [-0.2, -0.15) is 0 Å². The van der Waals surface area contributed by atoms with Crippen LogP contribution in [0.15, 0.2) is 54.6 Å². The van der Waals surface area contributed by atoms with Crippen molar-refractivity contribution in [1.82, 2.24) is 0 Å². The summed E-state index contributed by atoms with van der Waals surface area (Å²) in [6.07, 6.45) is 0.927. The molecule has 1 unspecified atom stereocenters. The number of ether oxygens (including phenoxy) is 1. The maximum absolute atomic E-state index is 12.4. The molecule has 1 atom stereocenters. The Balaban J connectivity index is 1.82. The molecule has 0 bridgehead atoms. The van der Waals surface area contributed by atoms with Crippen LogP contribution in [0, 0.1) is 0 Å². The highest BCUT2D eigenvalue weighted by molar-refractivity contribution is 5.86. The molecule has 0 saturated carbocycles. The van der Waals surface area contributed by atoms with Crippen LogP contribution < -0.4 is 0 Å². The molecule has 0 N–H and O–H groups in total. The molecule has 0 amide bonds. The summed E-state index contributed by atoms with van der Waals surface area (Å²) in [6.45, 7) is 0.627. The van der Waals surface area contributed by atoms with Crippen LogP contribution in [-0.2, 0) is 22.4 Å². The van der Waals surface area contributed by atoms with Gasteiger partial charge in [0.05, 0.1) is 6.61 Å². The van der Waals surface area contributed by atoms with Crippen LogP contribution in [-0.4, -0.2) is 12.4 Å². The van der Waals surface area contributed by atoms with E-state index in [1.165, 1.54) is 5.56 Å². The average Bonchev–Trinajstić information content (AvgIpc) is 2.47. The van der Waals surface area contributed by atoms with Gasteiger partial charge in [-0.25, -0.2) is 0 Å². The third-order valence-electron chi connectivity index (χ3n) is 3.51. The van der Waals surface area contributed by atoms with Gasteiger partial charge in [0.1, 0.15) is 6.10 Å². The Hall–Kier alpha value is -1.93. The molecule has 2 aromatic carbocycles. The van der Waals surface area contributed by atoms with Gasteiger partial charge in [0.25, 0.3) is 0 Å². The third kappa shape index (κ3) is 2.59. The van der Waals surface area contributed by atoms with Crippen LogP contribution in [0.25, 0.3) is 0 Å². The summed E-state index contributed by atoms with van der Waals surface area (Å²) < 4.78 is 5.69. The Bertz CT molecular complexity index is 575. The lowest BCUT2D eigenvalue weighted by Crippen LogP contribution is -2.24. The molecule has 0 saturated heterocycles. The predicted molar refractivity (Wildman–Crippen MR) is 74.0 cm³/mol. The zero-order chi connectivity index (χ0) is 13.1. The minimum atomic E-state index is -0.398. The highest BCUT2D eigenvalue weighted by atomic mass is 16.5. The Morgan fingerprint density at radius 3 is 2.63 bits per heavy atom. The molecule has 1 heterocycles. The highest BCUT2D eigenvalue weighted by Crippen LogP contribution is 2.28. The van der Waals surface area contributed by atoms with Crippen molar-refractivity contribution in [2.75, 3.05) is 6.61 Å². The van der Waals surface area contributed by atoms with Crippen LogP contribution in [0.1, 0.15) is 22.8 Å². The Morgan fingerprint density at radius 1 is 1.05 bits per heavy atom. The van der Waals surface area contributed by atoms with Gasteiger partial charge in [-0.05, 0) is 23.1 Å². The summed E-state index contributed by atoms with van der Waals surface area (Å²) >= 11 is 0. The molecule has 2 nitrogen and oxygen atoms in total. The van der Waals surface area contributed by atoms with Crippen LogP contribution in [0.2, 0.25) is 0 Å². The minimum Gasteiger partial charge on any atom is -0.365 e. The summed E-state index contributed by atoms with van der Waals surface area (Å²) in [4.78, 5) is 12.4. The van der Waals surface area contributed by atoms with Crippen molar-refractivity contribution in [3.05, 3.63) is 71.3 Å². The van der Waals surface area contributed by atoms with Crippen molar-refractivity contribution < 1.29 is 9.53 Å². The lowest BCUT2D eigenvalue weighted by Gasteiger charge is -2.25. The number of carbonyl (C=O) groups is 1. The van der Waals surface area contributed by atoms with Gasteiger partial charge in [0.2, 0.25) is 0 Å². The number of hydrogen-bond acceptors (Lipinski definition) is 2. The minimum absolute atomic E-state index is 0.137. The topological polar surface area (TPSA) is 26.3 Å². The number of benzene rings is 2. The van der Waals surface area contributed by atoms with E-state index in [4.69, 9.17) is 4.74 Å². The van der Waals surface area contributed by atoms with E-state index < -0.39 is 6.10 Å². The lowest BCUT2D eigenvalue weighted by molar-refractivity contribution is -0.131. The van der Waals surface area contributed by atoms with E-state index in [0.29, 0.717) is 13.0 Å². The predicted octanol–water partition coefficient (Wildman–Crippen LogP) is 3.11. The SMILES string of the molecule is O=C(Cc1ccccc1)C1OCCc2ccccc21. The van der Waals surface area contributed by atoms with Crippen molar-refractivity contribution in [3.63, 3.8) is 0 Å². The zero-order valence-corrected chi connectivity index (χ0v) is 10.7. The summed E-state index contributed by atoms with van der Waals surface area (Å²) in [5.74, 6) is 0.137. The quantitative estimate of drug-likeness (QED) is 0.839. The molecule has 0 spiro atoms. The summed E-state index contributed by atoms with van der Waals surface area (Å²) in [7, 11) is 0. The van der Waals surface area contributed by atoms with E-state index >= 15 is 0 Å². The van der Waals surface area contributed by atoms with Crippen LogP contribution in [0.4, 0.5) is 0 Å². The largest absolute Gasteiger partial charge is 0.365 e. The summed E-state index contributed by atoms with van der Waals surface area (Å²) in [5.41, 5.74) is 3.31. The molecule has 2 heteroatoms. The van der Waals surface area contributed by atoms with Gasteiger partial charge in [0, 0.05) is 6.42 Å². The smallest absolute Gasteiger partial charge is 0.170 e. The van der Waals surface area contributed by atoms with Gasteiger partial charge < -0.3 is 4.74 Å². The molecular weight excluding hydrogens is 236 g/mol. The second-order valence-electron chi connectivity index (χ2n) is 4.83. The molecule has 0 radical (unpaired) electrons. The van der Waals surface area contributed by atoms with E-state index in [-0.39, 0.29) is 5.78 Å². The fourth-order valence-corrected chi connectivity index (χ4v) is 2.55. The van der Waals surface area contributed by atoms with E-state index in [2.05, 4.69) is 6.07 Å². The number of Topliss-reactive ketones (excluding diaryl/α,β-unsaturated/α-hetero) is 1. The van der Waals surface area contributed by atoms with Crippen molar-refractivity contribution in [1.29, 1.82) is 0 Å². The Labute approximate surface area is 113 Å². The lowest BCUT2D eigenvalue weighted by atomic mass is 9.93. The first-order valence-corrected chi connectivity index (χ1v) is 6.60. The monoisotopic (exact) mass is 252 g/mol. The summed E-state index contributed by atoms with van der Waals surface area (Å²) in [6, 6.07) is 17.9. The molecular formula is C17H16O2. The maximum atomic E-state index is 12.4. The molecule has 19 heavy (non-hydrogen) atoms. The van der Waals surface area contributed by atoms with Crippen LogP contribution >= 0.6 is 0 Å². The molecule has 96 valence electrons. The number of carbonyl (C=O) groups excluding carboxylic acids is 1. The maximum Gasteiger partial charge on any atom is 0.170 e. The van der Waals surface area contributed by atoms with Gasteiger partial charge in [-0.15, -0.1) is 0 Å². The van der Waals surface area contributed by atoms with Crippen molar-refractivity contribution in [2.45, 2.75) is 18.9 Å². The van der Waals surface area contributed by atoms with Gasteiger partial charge in [0.15, 0.2) is 5.78 Å². The normalized spacial score (nSPS) is 17.8. The van der Waals surface area contributed by atoms with Crippen LogP contribution in [0.5, 0.6) is 0 Å². The number of hydrogen-bond donors (Lipinski definition) is 0. The third-order valence-corrected chi connectivity index (χ3v) is 3.51. The second kappa shape index (κ2) is 5.37. The van der Waals surface area contributed by atoms with E-state index in [0.717, 1.165) is 17.5 Å². The first-order chi connectivity index (χ1) is 9.34. The fourth-order valence-electron chi connectivity index (χ4n) is 2.55. The standard InChI is InChI=1S/C17H16O2/c18-16(12-13-6-2-1-3-7-13)17-15-9-5-4-8-14(15)10-11-19-17/h1-9,17H,10-12H2. The number of fused-ring (bicyclic) bond motifs is 1. The molecule has 0 aliphatic carbocycles. The first kappa shape index (κ1) is 12.1. The first-order valence-electron chi connectivity index (χ1n) is 6.60. The Morgan fingerprint density at radius 2 is 1.79 bits per heavy atom. The molecule has 1 aliphatic rings. The van der Waals surface area contributed by atoms with Crippen molar-refractivity contribution in [2.24, 2.45) is 0 Å². The average molecular weight is 252 g/mol. The van der Waals surface area contributed by atoms with Crippen molar-refractivity contribution in [3.8, 4) is 0 Å². The summed E-state index contributed by atoms with van der Waals surface area (Å²) in [5, 5.41) is 0.